The van der Waals surface area contributed by atoms with Crippen molar-refractivity contribution in [3.8, 4) is 17.6 Å². The summed E-state index contributed by atoms with van der Waals surface area (Å²) in [4.78, 5) is 11.6. The van der Waals surface area contributed by atoms with Gasteiger partial charge in [0.15, 0.2) is 0 Å². The molecule has 1 N–H and O–H groups in total. The Labute approximate surface area is 165 Å². The van der Waals surface area contributed by atoms with E-state index in [9.17, 15) is 4.79 Å². The Bertz CT molecular complexity index is 926. The highest BCUT2D eigenvalue weighted by Gasteiger charge is 2.00. The van der Waals surface area contributed by atoms with E-state index in [4.69, 9.17) is 9.47 Å². The standard InChI is InChI=1S/C24H21NO3/c26-24(28-19-22-10-5-2-6-11-22)25-17-7-12-20-13-15-23(16-14-20)27-18-21-8-3-1-4-9-21/h1-6,8-11,13-16H,17-19H2,(H,25,26). The molecular formula is C24H21NO3. The van der Waals surface area contributed by atoms with Crippen molar-refractivity contribution in [3.63, 3.8) is 0 Å². The first kappa shape index (κ1) is 19.1. The topological polar surface area (TPSA) is 47.6 Å². The highest BCUT2D eigenvalue weighted by Crippen LogP contribution is 2.13. The fraction of sp³-hybridized carbons (Fsp3) is 0.125. The molecule has 1 amide bonds. The van der Waals surface area contributed by atoms with Gasteiger partial charge in [0.25, 0.3) is 0 Å². The minimum atomic E-state index is -0.484. The first-order valence-electron chi connectivity index (χ1n) is 9.00. The van der Waals surface area contributed by atoms with Gasteiger partial charge in [-0.15, -0.1) is 0 Å². The summed E-state index contributed by atoms with van der Waals surface area (Å²) in [5, 5.41) is 2.61. The maximum Gasteiger partial charge on any atom is 0.408 e. The Balaban J connectivity index is 1.38. The maximum atomic E-state index is 11.6. The molecule has 0 fully saturated rings. The molecule has 3 aromatic rings. The molecule has 0 aliphatic heterocycles. The Morgan fingerprint density at radius 2 is 1.39 bits per heavy atom. The second-order valence-corrected chi connectivity index (χ2v) is 6.02. The summed E-state index contributed by atoms with van der Waals surface area (Å²) in [5.74, 6) is 6.69. The highest BCUT2D eigenvalue weighted by molar-refractivity contribution is 5.67. The van der Waals surface area contributed by atoms with Crippen molar-refractivity contribution in [3.05, 3.63) is 102 Å². The lowest BCUT2D eigenvalue weighted by atomic mass is 10.2. The van der Waals surface area contributed by atoms with E-state index in [1.807, 2.05) is 84.9 Å². The number of carbonyl (C=O) groups is 1. The van der Waals surface area contributed by atoms with Crippen LogP contribution in [0.25, 0.3) is 0 Å². The van der Waals surface area contributed by atoms with E-state index in [1.54, 1.807) is 0 Å². The number of alkyl carbamates (subject to hydrolysis) is 1. The third kappa shape index (κ3) is 6.54. The molecule has 0 atom stereocenters. The zero-order valence-corrected chi connectivity index (χ0v) is 15.4. The van der Waals surface area contributed by atoms with Gasteiger partial charge in [-0.25, -0.2) is 4.79 Å². The van der Waals surface area contributed by atoms with Crippen molar-refractivity contribution < 1.29 is 14.3 Å². The average Bonchev–Trinajstić information content (AvgIpc) is 2.76. The summed E-state index contributed by atoms with van der Waals surface area (Å²) in [6.07, 6.45) is -0.484. The number of hydrogen-bond donors (Lipinski definition) is 1. The van der Waals surface area contributed by atoms with Crippen molar-refractivity contribution >= 4 is 6.09 Å². The fourth-order valence-electron chi connectivity index (χ4n) is 2.41. The molecule has 3 rings (SSSR count). The van der Waals surface area contributed by atoms with E-state index in [2.05, 4.69) is 17.2 Å². The van der Waals surface area contributed by atoms with Crippen molar-refractivity contribution in [2.45, 2.75) is 13.2 Å². The van der Waals surface area contributed by atoms with Gasteiger partial charge in [0.2, 0.25) is 0 Å². The monoisotopic (exact) mass is 371 g/mol. The van der Waals surface area contributed by atoms with Crippen LogP contribution in [0.1, 0.15) is 16.7 Å². The van der Waals surface area contributed by atoms with Gasteiger partial charge in [0.05, 0.1) is 6.54 Å². The molecule has 4 heteroatoms. The van der Waals surface area contributed by atoms with Crippen LogP contribution in [0.4, 0.5) is 4.79 Å². The van der Waals surface area contributed by atoms with Crippen LogP contribution in [-0.4, -0.2) is 12.6 Å². The molecule has 3 aromatic carbocycles. The van der Waals surface area contributed by atoms with E-state index < -0.39 is 6.09 Å². The molecule has 0 saturated carbocycles. The minimum Gasteiger partial charge on any atom is -0.489 e. The highest BCUT2D eigenvalue weighted by atomic mass is 16.5. The number of amides is 1. The molecule has 0 aromatic heterocycles. The van der Waals surface area contributed by atoms with Crippen LogP contribution >= 0.6 is 0 Å². The Kier molecular flexibility index (Phi) is 7.11. The first-order valence-corrected chi connectivity index (χ1v) is 9.00. The Morgan fingerprint density at radius 3 is 2.04 bits per heavy atom. The second-order valence-electron chi connectivity index (χ2n) is 6.02. The number of nitrogens with one attached hydrogen (secondary N) is 1. The van der Waals surface area contributed by atoms with Crippen LogP contribution in [0, 0.1) is 11.8 Å². The van der Waals surface area contributed by atoms with Crippen LogP contribution in [0.2, 0.25) is 0 Å². The van der Waals surface area contributed by atoms with Crippen LogP contribution in [-0.2, 0) is 18.0 Å². The van der Waals surface area contributed by atoms with Crippen LogP contribution in [0.15, 0.2) is 84.9 Å². The molecule has 4 nitrogen and oxygen atoms in total. The Morgan fingerprint density at radius 1 is 0.786 bits per heavy atom. The minimum absolute atomic E-state index is 0.222. The largest absolute Gasteiger partial charge is 0.489 e. The molecule has 28 heavy (non-hydrogen) atoms. The molecule has 0 aliphatic rings. The summed E-state index contributed by atoms with van der Waals surface area (Å²) in [6, 6.07) is 27.1. The second kappa shape index (κ2) is 10.4. The maximum absolute atomic E-state index is 11.6. The summed E-state index contributed by atoms with van der Waals surface area (Å²) in [5.41, 5.74) is 2.92. The number of ether oxygens (including phenoxy) is 2. The summed E-state index contributed by atoms with van der Waals surface area (Å²) in [7, 11) is 0. The van der Waals surface area contributed by atoms with Crippen LogP contribution in [0.3, 0.4) is 0 Å². The van der Waals surface area contributed by atoms with Crippen molar-refractivity contribution in [1.29, 1.82) is 0 Å². The number of rotatable bonds is 6. The van der Waals surface area contributed by atoms with Gasteiger partial charge >= 0.3 is 6.09 Å². The Hall–Kier alpha value is -3.71. The van der Waals surface area contributed by atoms with Crippen molar-refractivity contribution in [2.75, 3.05) is 6.54 Å². The van der Waals surface area contributed by atoms with Gasteiger partial charge in [0, 0.05) is 5.56 Å². The van der Waals surface area contributed by atoms with Crippen molar-refractivity contribution in [2.24, 2.45) is 0 Å². The average molecular weight is 371 g/mol. The van der Waals surface area contributed by atoms with E-state index in [1.165, 1.54) is 0 Å². The van der Waals surface area contributed by atoms with Crippen LogP contribution < -0.4 is 10.1 Å². The molecule has 0 radical (unpaired) electrons. The van der Waals surface area contributed by atoms with Gasteiger partial charge in [-0.1, -0.05) is 72.5 Å². The summed E-state index contributed by atoms with van der Waals surface area (Å²) in [6.45, 7) is 0.991. The van der Waals surface area contributed by atoms with Crippen molar-refractivity contribution in [1.82, 2.24) is 5.32 Å². The zero-order valence-electron chi connectivity index (χ0n) is 15.4. The normalized spacial score (nSPS) is 9.71. The van der Waals surface area contributed by atoms with E-state index in [-0.39, 0.29) is 13.2 Å². The van der Waals surface area contributed by atoms with Gasteiger partial charge in [-0.3, -0.25) is 0 Å². The third-order valence-corrected chi connectivity index (χ3v) is 3.87. The third-order valence-electron chi connectivity index (χ3n) is 3.87. The fourth-order valence-corrected chi connectivity index (χ4v) is 2.41. The summed E-state index contributed by atoms with van der Waals surface area (Å²) < 4.78 is 10.9. The molecular weight excluding hydrogens is 350 g/mol. The molecule has 0 heterocycles. The van der Waals surface area contributed by atoms with Gasteiger partial charge in [0.1, 0.15) is 19.0 Å². The molecule has 0 aliphatic carbocycles. The number of benzene rings is 3. The quantitative estimate of drug-likeness (QED) is 0.647. The van der Waals surface area contributed by atoms with Gasteiger partial charge in [-0.05, 0) is 35.4 Å². The van der Waals surface area contributed by atoms with E-state index in [0.717, 1.165) is 22.4 Å². The predicted octanol–water partition coefficient (Wildman–Crippen LogP) is 4.54. The van der Waals surface area contributed by atoms with Gasteiger partial charge < -0.3 is 14.8 Å². The predicted molar refractivity (Wildman–Crippen MR) is 109 cm³/mol. The zero-order chi connectivity index (χ0) is 19.4. The molecule has 140 valence electrons. The van der Waals surface area contributed by atoms with E-state index >= 15 is 0 Å². The lowest BCUT2D eigenvalue weighted by Gasteiger charge is -2.06. The molecule has 0 spiro atoms. The number of hydrogen-bond acceptors (Lipinski definition) is 3. The van der Waals surface area contributed by atoms with Gasteiger partial charge in [-0.2, -0.15) is 0 Å². The van der Waals surface area contributed by atoms with Crippen LogP contribution in [0.5, 0.6) is 5.75 Å². The lowest BCUT2D eigenvalue weighted by molar-refractivity contribution is 0.141. The molecule has 0 unspecified atom stereocenters. The summed E-state index contributed by atoms with van der Waals surface area (Å²) >= 11 is 0. The molecule has 0 bridgehead atoms. The first-order chi connectivity index (χ1) is 13.8. The lowest BCUT2D eigenvalue weighted by Crippen LogP contribution is -2.24. The number of carbonyl (C=O) groups excluding carboxylic acids is 1. The molecule has 0 saturated heterocycles. The van der Waals surface area contributed by atoms with E-state index in [0.29, 0.717) is 6.61 Å². The SMILES string of the molecule is O=C(NCC#Cc1ccc(OCc2ccccc2)cc1)OCc1ccccc1. The smallest absolute Gasteiger partial charge is 0.408 e.